The smallest absolute Gasteiger partial charge is 0.305 e. The Morgan fingerprint density at radius 3 is 2.20 bits per heavy atom. The van der Waals surface area contributed by atoms with Gasteiger partial charge in [0, 0.05) is 38.5 Å². The van der Waals surface area contributed by atoms with E-state index in [2.05, 4.69) is 0 Å². The molecule has 2 aliphatic rings. The largest absolute Gasteiger partial charge is 0.481 e. The standard InChI is InChI=1S/C14H22N2O4/c1-10(17)15-7-4-11(5-8-15)14(20)16(12-2-3-12)9-6-13(18)19/h11-12H,2-9H2,1H3,(H,18,19). The average Bonchev–Trinajstić information content (AvgIpc) is 3.23. The van der Waals surface area contributed by atoms with E-state index < -0.39 is 5.97 Å². The maximum absolute atomic E-state index is 12.5. The molecule has 0 unspecified atom stereocenters. The maximum atomic E-state index is 12.5. The third kappa shape index (κ3) is 3.71. The molecule has 1 aliphatic carbocycles. The number of likely N-dealkylation sites (tertiary alicyclic amines) is 1. The number of hydrogen-bond donors (Lipinski definition) is 1. The van der Waals surface area contributed by atoms with Crippen LogP contribution in [-0.2, 0) is 14.4 Å². The van der Waals surface area contributed by atoms with Gasteiger partial charge in [0.05, 0.1) is 6.42 Å². The van der Waals surface area contributed by atoms with Gasteiger partial charge < -0.3 is 14.9 Å². The van der Waals surface area contributed by atoms with E-state index in [1.807, 2.05) is 0 Å². The summed E-state index contributed by atoms with van der Waals surface area (Å²) in [5, 5.41) is 8.77. The Morgan fingerprint density at radius 1 is 1.15 bits per heavy atom. The summed E-state index contributed by atoms with van der Waals surface area (Å²) in [5.74, 6) is -0.785. The van der Waals surface area contributed by atoms with Gasteiger partial charge in [-0.05, 0) is 25.7 Å². The quantitative estimate of drug-likeness (QED) is 0.805. The number of amides is 2. The molecule has 1 aliphatic heterocycles. The predicted octanol–water partition coefficient (Wildman–Crippen LogP) is 0.711. The summed E-state index contributed by atoms with van der Waals surface area (Å²) in [7, 11) is 0. The highest BCUT2D eigenvalue weighted by Gasteiger charge is 2.37. The van der Waals surface area contributed by atoms with E-state index in [0.29, 0.717) is 32.5 Å². The molecule has 20 heavy (non-hydrogen) atoms. The zero-order valence-electron chi connectivity index (χ0n) is 11.9. The Hall–Kier alpha value is -1.59. The Balaban J connectivity index is 1.88. The second-order valence-corrected chi connectivity index (χ2v) is 5.69. The van der Waals surface area contributed by atoms with Crippen LogP contribution in [0.25, 0.3) is 0 Å². The first kappa shape index (κ1) is 14.8. The van der Waals surface area contributed by atoms with Crippen molar-refractivity contribution in [1.82, 2.24) is 9.80 Å². The van der Waals surface area contributed by atoms with Crippen LogP contribution in [0.1, 0.15) is 39.0 Å². The monoisotopic (exact) mass is 282 g/mol. The number of piperidine rings is 1. The normalized spacial score (nSPS) is 19.8. The molecule has 0 radical (unpaired) electrons. The highest BCUT2D eigenvalue weighted by atomic mass is 16.4. The minimum Gasteiger partial charge on any atom is -0.481 e. The van der Waals surface area contributed by atoms with Gasteiger partial charge in [-0.1, -0.05) is 0 Å². The molecule has 6 heteroatoms. The van der Waals surface area contributed by atoms with Gasteiger partial charge in [0.2, 0.25) is 11.8 Å². The fourth-order valence-electron chi connectivity index (χ4n) is 2.75. The summed E-state index contributed by atoms with van der Waals surface area (Å²) in [6.45, 7) is 3.11. The SMILES string of the molecule is CC(=O)N1CCC(C(=O)N(CCC(=O)O)C2CC2)CC1. The second kappa shape index (κ2) is 6.24. The number of hydrogen-bond acceptors (Lipinski definition) is 3. The maximum Gasteiger partial charge on any atom is 0.305 e. The first-order chi connectivity index (χ1) is 9.49. The number of carbonyl (C=O) groups is 3. The molecule has 0 spiro atoms. The van der Waals surface area contributed by atoms with E-state index in [0.717, 1.165) is 12.8 Å². The summed E-state index contributed by atoms with van der Waals surface area (Å²) >= 11 is 0. The summed E-state index contributed by atoms with van der Waals surface area (Å²) in [6, 6.07) is 0.243. The molecule has 2 fully saturated rings. The summed E-state index contributed by atoms with van der Waals surface area (Å²) < 4.78 is 0. The molecule has 0 aromatic rings. The van der Waals surface area contributed by atoms with Crippen LogP contribution in [0.2, 0.25) is 0 Å². The van der Waals surface area contributed by atoms with Crippen molar-refractivity contribution in [1.29, 1.82) is 0 Å². The molecule has 6 nitrogen and oxygen atoms in total. The van der Waals surface area contributed by atoms with Crippen LogP contribution in [0.5, 0.6) is 0 Å². The topological polar surface area (TPSA) is 77.9 Å². The van der Waals surface area contributed by atoms with Crippen molar-refractivity contribution < 1.29 is 19.5 Å². The molecule has 0 bridgehead atoms. The van der Waals surface area contributed by atoms with Crippen molar-refractivity contribution in [3.05, 3.63) is 0 Å². The average molecular weight is 282 g/mol. The van der Waals surface area contributed by atoms with Crippen LogP contribution in [0.4, 0.5) is 0 Å². The van der Waals surface area contributed by atoms with Gasteiger partial charge in [-0.25, -0.2) is 0 Å². The summed E-state index contributed by atoms with van der Waals surface area (Å²) in [6.07, 6.45) is 3.35. The third-order valence-corrected chi connectivity index (χ3v) is 4.13. The van der Waals surface area contributed by atoms with Gasteiger partial charge in [-0.15, -0.1) is 0 Å². The van der Waals surface area contributed by atoms with Gasteiger partial charge in [0.1, 0.15) is 0 Å². The molecular formula is C14H22N2O4. The Labute approximate surface area is 118 Å². The minimum atomic E-state index is -0.866. The Morgan fingerprint density at radius 2 is 1.75 bits per heavy atom. The highest BCUT2D eigenvalue weighted by Crippen LogP contribution is 2.30. The first-order valence-corrected chi connectivity index (χ1v) is 7.27. The zero-order chi connectivity index (χ0) is 14.7. The van der Waals surface area contributed by atoms with Gasteiger partial charge in [-0.2, -0.15) is 0 Å². The Bertz CT molecular complexity index is 398. The summed E-state index contributed by atoms with van der Waals surface area (Å²) in [5.41, 5.74) is 0. The van der Waals surface area contributed by atoms with Crippen LogP contribution in [-0.4, -0.2) is 58.4 Å². The van der Waals surface area contributed by atoms with Crippen LogP contribution >= 0.6 is 0 Å². The minimum absolute atomic E-state index is 0.00846. The van der Waals surface area contributed by atoms with Crippen molar-refractivity contribution in [2.45, 2.75) is 45.1 Å². The number of nitrogens with zero attached hydrogens (tertiary/aromatic N) is 2. The van der Waals surface area contributed by atoms with Crippen molar-refractivity contribution in [3.63, 3.8) is 0 Å². The summed E-state index contributed by atoms with van der Waals surface area (Å²) in [4.78, 5) is 38.0. The third-order valence-electron chi connectivity index (χ3n) is 4.13. The van der Waals surface area contributed by atoms with Crippen LogP contribution in [0.3, 0.4) is 0 Å². The lowest BCUT2D eigenvalue weighted by atomic mass is 9.95. The molecule has 2 amide bonds. The van der Waals surface area contributed by atoms with Gasteiger partial charge >= 0.3 is 5.97 Å². The number of carboxylic acids is 1. The van der Waals surface area contributed by atoms with Gasteiger partial charge in [-0.3, -0.25) is 14.4 Å². The molecule has 1 N–H and O–H groups in total. The van der Waals surface area contributed by atoms with E-state index in [-0.39, 0.29) is 30.2 Å². The molecule has 1 saturated heterocycles. The number of rotatable bonds is 5. The number of carbonyl (C=O) groups excluding carboxylic acids is 2. The van der Waals surface area contributed by atoms with Crippen molar-refractivity contribution in [2.75, 3.05) is 19.6 Å². The van der Waals surface area contributed by atoms with Crippen LogP contribution in [0, 0.1) is 5.92 Å². The fourth-order valence-corrected chi connectivity index (χ4v) is 2.75. The fraction of sp³-hybridized carbons (Fsp3) is 0.786. The molecule has 1 saturated carbocycles. The Kier molecular flexibility index (Phi) is 4.62. The number of aliphatic carboxylic acids is 1. The molecule has 0 aromatic heterocycles. The predicted molar refractivity (Wildman–Crippen MR) is 72.0 cm³/mol. The van der Waals surface area contributed by atoms with E-state index in [1.54, 1.807) is 16.7 Å². The van der Waals surface area contributed by atoms with Crippen LogP contribution < -0.4 is 0 Å². The van der Waals surface area contributed by atoms with Gasteiger partial charge in [0.15, 0.2) is 0 Å². The molecule has 0 aromatic carbocycles. The van der Waals surface area contributed by atoms with E-state index in [1.165, 1.54) is 0 Å². The van der Waals surface area contributed by atoms with E-state index in [9.17, 15) is 14.4 Å². The van der Waals surface area contributed by atoms with Crippen LogP contribution in [0.15, 0.2) is 0 Å². The van der Waals surface area contributed by atoms with Crippen molar-refractivity contribution in [2.24, 2.45) is 5.92 Å². The zero-order valence-corrected chi connectivity index (χ0v) is 11.9. The second-order valence-electron chi connectivity index (χ2n) is 5.69. The molecular weight excluding hydrogens is 260 g/mol. The molecule has 0 atom stereocenters. The lowest BCUT2D eigenvalue weighted by Crippen LogP contribution is -2.45. The first-order valence-electron chi connectivity index (χ1n) is 7.27. The highest BCUT2D eigenvalue weighted by molar-refractivity contribution is 5.81. The van der Waals surface area contributed by atoms with Crippen molar-refractivity contribution in [3.8, 4) is 0 Å². The lowest BCUT2D eigenvalue weighted by molar-refractivity contribution is -0.142. The van der Waals surface area contributed by atoms with E-state index >= 15 is 0 Å². The van der Waals surface area contributed by atoms with Gasteiger partial charge in [0.25, 0.3) is 0 Å². The van der Waals surface area contributed by atoms with E-state index in [4.69, 9.17) is 5.11 Å². The van der Waals surface area contributed by atoms with Crippen molar-refractivity contribution >= 4 is 17.8 Å². The lowest BCUT2D eigenvalue weighted by Gasteiger charge is -2.33. The molecule has 1 heterocycles. The number of carboxylic acid groups (broad SMARTS) is 1. The molecule has 2 rings (SSSR count). The molecule has 112 valence electrons.